The van der Waals surface area contributed by atoms with Crippen molar-refractivity contribution < 1.29 is 5.11 Å². The molecular formula is C4H10OS2. The van der Waals surface area contributed by atoms with Crippen LogP contribution in [-0.2, 0) is 0 Å². The van der Waals surface area contributed by atoms with Gasteiger partial charge in [-0.2, -0.15) is 11.8 Å². The van der Waals surface area contributed by atoms with Gasteiger partial charge in [0.15, 0.2) is 0 Å². The summed E-state index contributed by atoms with van der Waals surface area (Å²) < 4.78 is 0. The lowest BCUT2D eigenvalue weighted by molar-refractivity contribution is 0.322. The van der Waals surface area contributed by atoms with Gasteiger partial charge in [-0.3, -0.25) is 0 Å². The van der Waals surface area contributed by atoms with Gasteiger partial charge in [0.25, 0.3) is 0 Å². The van der Waals surface area contributed by atoms with Crippen molar-refractivity contribution in [1.29, 1.82) is 0 Å². The van der Waals surface area contributed by atoms with Crippen LogP contribution >= 0.6 is 23.5 Å². The Bertz CT molecular complexity index is 28.9. The summed E-state index contributed by atoms with van der Waals surface area (Å²) in [6, 6.07) is 0. The first kappa shape index (κ1) is 7.66. The summed E-state index contributed by atoms with van der Waals surface area (Å²) in [7, 11) is 0. The van der Waals surface area contributed by atoms with E-state index in [4.69, 9.17) is 5.11 Å². The minimum atomic E-state index is 0.311. The fourth-order valence-electron chi connectivity index (χ4n) is 0.207. The molecule has 0 rings (SSSR count). The van der Waals surface area contributed by atoms with Gasteiger partial charge in [-0.15, -0.1) is 11.8 Å². The molecule has 0 unspecified atom stereocenters. The Labute approximate surface area is 52.9 Å². The van der Waals surface area contributed by atoms with Crippen LogP contribution in [0.5, 0.6) is 0 Å². The third-order valence-electron chi connectivity index (χ3n) is 0.437. The van der Waals surface area contributed by atoms with Gasteiger partial charge in [0, 0.05) is 10.8 Å². The Morgan fingerprint density at radius 2 is 2.29 bits per heavy atom. The van der Waals surface area contributed by atoms with E-state index in [2.05, 4.69) is 6.26 Å². The average molecular weight is 138 g/mol. The molecule has 0 aliphatic carbocycles. The number of aliphatic hydroxyl groups excluding tert-OH is 1. The van der Waals surface area contributed by atoms with Gasteiger partial charge in [-0.05, 0) is 6.26 Å². The van der Waals surface area contributed by atoms with Crippen LogP contribution in [0.2, 0.25) is 0 Å². The Morgan fingerprint density at radius 1 is 1.57 bits per heavy atom. The standard InChI is InChI=1S/C4H10OS2/c1-6-4-7-3-2-5/h5H,2-4H2,1H3. The molecular weight excluding hydrogens is 128 g/mol. The van der Waals surface area contributed by atoms with E-state index in [1.807, 2.05) is 0 Å². The molecule has 0 aromatic heterocycles. The molecule has 0 spiro atoms. The van der Waals surface area contributed by atoms with E-state index in [9.17, 15) is 0 Å². The monoisotopic (exact) mass is 138 g/mol. The molecule has 0 fully saturated rings. The molecule has 3 heteroatoms. The van der Waals surface area contributed by atoms with Crippen LogP contribution < -0.4 is 0 Å². The summed E-state index contributed by atoms with van der Waals surface area (Å²) >= 11 is 3.56. The van der Waals surface area contributed by atoms with Gasteiger partial charge in [0.05, 0.1) is 6.61 Å². The second-order valence-electron chi connectivity index (χ2n) is 1.04. The fourth-order valence-corrected chi connectivity index (χ4v) is 1.47. The average Bonchev–Trinajstić information content (AvgIpc) is 1.69. The van der Waals surface area contributed by atoms with Gasteiger partial charge in [-0.25, -0.2) is 0 Å². The highest BCUT2D eigenvalue weighted by atomic mass is 32.2. The highest BCUT2D eigenvalue weighted by Gasteiger charge is 1.80. The Balaban J connectivity index is 2.45. The summed E-state index contributed by atoms with van der Waals surface area (Å²) in [6.07, 6.45) is 2.06. The van der Waals surface area contributed by atoms with Gasteiger partial charge in [-0.1, -0.05) is 0 Å². The van der Waals surface area contributed by atoms with Crippen molar-refractivity contribution in [3.63, 3.8) is 0 Å². The second-order valence-corrected chi connectivity index (χ2v) is 3.38. The Kier molecular flexibility index (Phi) is 7.29. The number of rotatable bonds is 4. The molecule has 0 bridgehead atoms. The molecule has 0 saturated heterocycles. The SMILES string of the molecule is CSCSCCO. The van der Waals surface area contributed by atoms with Gasteiger partial charge >= 0.3 is 0 Å². The van der Waals surface area contributed by atoms with Crippen LogP contribution in [0, 0.1) is 0 Å². The Morgan fingerprint density at radius 3 is 2.71 bits per heavy atom. The summed E-state index contributed by atoms with van der Waals surface area (Å²) in [5, 5.41) is 9.36. The van der Waals surface area contributed by atoms with E-state index in [-0.39, 0.29) is 0 Å². The van der Waals surface area contributed by atoms with Crippen molar-refractivity contribution in [1.82, 2.24) is 0 Å². The molecule has 0 heterocycles. The van der Waals surface area contributed by atoms with Crippen LogP contribution in [-0.4, -0.2) is 28.8 Å². The zero-order chi connectivity index (χ0) is 5.54. The van der Waals surface area contributed by atoms with Gasteiger partial charge in [0.2, 0.25) is 0 Å². The summed E-state index contributed by atoms with van der Waals surface area (Å²) in [4.78, 5) is 0. The van der Waals surface area contributed by atoms with E-state index in [0.29, 0.717) is 6.61 Å². The molecule has 0 radical (unpaired) electrons. The lowest BCUT2D eigenvalue weighted by atomic mass is 10.9. The zero-order valence-electron chi connectivity index (χ0n) is 4.39. The second kappa shape index (κ2) is 6.66. The third kappa shape index (κ3) is 6.66. The quantitative estimate of drug-likeness (QED) is 0.463. The van der Waals surface area contributed by atoms with Crippen molar-refractivity contribution in [2.45, 2.75) is 0 Å². The predicted molar refractivity (Wildman–Crippen MR) is 37.9 cm³/mol. The van der Waals surface area contributed by atoms with E-state index >= 15 is 0 Å². The van der Waals surface area contributed by atoms with Crippen molar-refractivity contribution in [2.24, 2.45) is 0 Å². The minimum Gasteiger partial charge on any atom is -0.396 e. The molecule has 0 aromatic carbocycles. The highest BCUT2D eigenvalue weighted by Crippen LogP contribution is 2.06. The predicted octanol–water partition coefficient (Wildman–Crippen LogP) is 1.03. The third-order valence-corrected chi connectivity index (χ3v) is 2.52. The molecule has 44 valence electrons. The first-order chi connectivity index (χ1) is 3.41. The highest BCUT2D eigenvalue weighted by molar-refractivity contribution is 8.15. The van der Waals surface area contributed by atoms with Crippen molar-refractivity contribution in [3.8, 4) is 0 Å². The first-order valence-electron chi connectivity index (χ1n) is 2.09. The van der Waals surface area contributed by atoms with Crippen molar-refractivity contribution >= 4 is 23.5 Å². The molecule has 0 atom stereocenters. The van der Waals surface area contributed by atoms with E-state index in [1.165, 1.54) is 0 Å². The lowest BCUT2D eigenvalue weighted by Crippen LogP contribution is -1.84. The first-order valence-corrected chi connectivity index (χ1v) is 4.64. The number of thioether (sulfide) groups is 2. The molecule has 1 N–H and O–H groups in total. The molecule has 0 amide bonds. The van der Waals surface area contributed by atoms with Crippen LogP contribution in [0.15, 0.2) is 0 Å². The maximum atomic E-state index is 8.26. The molecule has 0 aliphatic heterocycles. The number of hydrogen-bond acceptors (Lipinski definition) is 3. The largest absolute Gasteiger partial charge is 0.396 e. The number of aliphatic hydroxyl groups is 1. The van der Waals surface area contributed by atoms with Crippen molar-refractivity contribution in [2.75, 3.05) is 23.7 Å². The van der Waals surface area contributed by atoms with Crippen LogP contribution in [0.1, 0.15) is 0 Å². The van der Waals surface area contributed by atoms with Gasteiger partial charge < -0.3 is 5.11 Å². The normalized spacial score (nSPS) is 9.43. The Hall–Kier alpha value is 0.660. The van der Waals surface area contributed by atoms with E-state index < -0.39 is 0 Å². The molecule has 0 aliphatic rings. The van der Waals surface area contributed by atoms with Crippen LogP contribution in [0.4, 0.5) is 0 Å². The van der Waals surface area contributed by atoms with Crippen LogP contribution in [0.3, 0.4) is 0 Å². The molecule has 7 heavy (non-hydrogen) atoms. The minimum absolute atomic E-state index is 0.311. The summed E-state index contributed by atoms with van der Waals surface area (Å²) in [6.45, 7) is 0.311. The maximum absolute atomic E-state index is 8.26. The maximum Gasteiger partial charge on any atom is 0.0522 e. The summed E-state index contributed by atoms with van der Waals surface area (Å²) in [5.74, 6) is 0.876. The molecule has 1 nitrogen and oxygen atoms in total. The van der Waals surface area contributed by atoms with E-state index in [1.54, 1.807) is 23.5 Å². The summed E-state index contributed by atoms with van der Waals surface area (Å²) in [5.41, 5.74) is 0. The van der Waals surface area contributed by atoms with Gasteiger partial charge in [0.1, 0.15) is 0 Å². The number of hydrogen-bond donors (Lipinski definition) is 1. The zero-order valence-corrected chi connectivity index (χ0v) is 6.02. The topological polar surface area (TPSA) is 20.2 Å². The smallest absolute Gasteiger partial charge is 0.0522 e. The fraction of sp³-hybridized carbons (Fsp3) is 1.00. The van der Waals surface area contributed by atoms with Crippen molar-refractivity contribution in [3.05, 3.63) is 0 Å². The lowest BCUT2D eigenvalue weighted by Gasteiger charge is -1.90. The molecule has 0 saturated carbocycles. The molecule has 0 aromatic rings. The van der Waals surface area contributed by atoms with Crippen LogP contribution in [0.25, 0.3) is 0 Å². The van der Waals surface area contributed by atoms with E-state index in [0.717, 1.165) is 10.8 Å².